The fraction of sp³-hybridized carbons (Fsp3) is 0.462. The first-order valence-electron chi connectivity index (χ1n) is 6.33. The van der Waals surface area contributed by atoms with Crippen LogP contribution in [0.5, 0.6) is 0 Å². The van der Waals surface area contributed by atoms with Gasteiger partial charge in [-0.05, 0) is 24.5 Å². The molecule has 0 aliphatic carbocycles. The summed E-state index contributed by atoms with van der Waals surface area (Å²) < 4.78 is 1.70. The number of nitrogens with zero attached hydrogens (tertiary/aromatic N) is 3. The van der Waals surface area contributed by atoms with E-state index in [4.69, 9.17) is 5.11 Å². The summed E-state index contributed by atoms with van der Waals surface area (Å²) in [6.45, 7) is 4.10. The molecular weight excluding hydrogens is 244 g/mol. The van der Waals surface area contributed by atoms with Crippen molar-refractivity contribution >= 4 is 11.6 Å². The average molecular weight is 262 g/mol. The Hall–Kier alpha value is -1.95. The van der Waals surface area contributed by atoms with Crippen LogP contribution in [0.2, 0.25) is 0 Å². The number of aliphatic hydroxyl groups is 1. The van der Waals surface area contributed by atoms with Gasteiger partial charge in [-0.3, -0.25) is 9.20 Å². The van der Waals surface area contributed by atoms with Crippen LogP contribution in [-0.2, 0) is 0 Å². The SMILES string of the molecule is CC(C)C(CCO)NC(=O)c1ccc2nncn2c1. The van der Waals surface area contributed by atoms with Gasteiger partial charge in [-0.25, -0.2) is 0 Å². The predicted molar refractivity (Wildman–Crippen MR) is 70.8 cm³/mol. The largest absolute Gasteiger partial charge is 0.396 e. The van der Waals surface area contributed by atoms with Gasteiger partial charge in [0.05, 0.1) is 5.56 Å². The molecule has 0 fully saturated rings. The van der Waals surface area contributed by atoms with E-state index in [9.17, 15) is 4.79 Å². The van der Waals surface area contributed by atoms with E-state index >= 15 is 0 Å². The van der Waals surface area contributed by atoms with Crippen LogP contribution in [0, 0.1) is 5.92 Å². The van der Waals surface area contributed by atoms with Crippen LogP contribution in [0.1, 0.15) is 30.6 Å². The summed E-state index contributed by atoms with van der Waals surface area (Å²) in [6, 6.07) is 3.43. The Morgan fingerprint density at radius 1 is 1.47 bits per heavy atom. The molecule has 0 saturated heterocycles. The van der Waals surface area contributed by atoms with Crippen molar-refractivity contribution in [1.29, 1.82) is 0 Å². The van der Waals surface area contributed by atoms with E-state index in [1.165, 1.54) is 0 Å². The minimum absolute atomic E-state index is 0.0332. The highest BCUT2D eigenvalue weighted by molar-refractivity contribution is 5.94. The van der Waals surface area contributed by atoms with Crippen LogP contribution in [0.15, 0.2) is 24.7 Å². The van der Waals surface area contributed by atoms with Crippen molar-refractivity contribution in [3.63, 3.8) is 0 Å². The van der Waals surface area contributed by atoms with Gasteiger partial charge in [0.15, 0.2) is 5.65 Å². The van der Waals surface area contributed by atoms with E-state index < -0.39 is 0 Å². The normalized spacial score (nSPS) is 12.8. The number of fused-ring (bicyclic) bond motifs is 1. The van der Waals surface area contributed by atoms with Crippen LogP contribution in [0.3, 0.4) is 0 Å². The van der Waals surface area contributed by atoms with E-state index in [1.807, 2.05) is 13.8 Å². The number of rotatable bonds is 5. The molecule has 2 aromatic rings. The van der Waals surface area contributed by atoms with Gasteiger partial charge in [-0.1, -0.05) is 13.8 Å². The van der Waals surface area contributed by atoms with Crippen molar-refractivity contribution in [3.05, 3.63) is 30.2 Å². The quantitative estimate of drug-likeness (QED) is 0.837. The number of aromatic nitrogens is 3. The fourth-order valence-corrected chi connectivity index (χ4v) is 1.92. The topological polar surface area (TPSA) is 79.5 Å². The minimum Gasteiger partial charge on any atom is -0.396 e. The minimum atomic E-state index is -0.150. The second-order valence-corrected chi connectivity index (χ2v) is 4.85. The van der Waals surface area contributed by atoms with Crippen molar-refractivity contribution in [3.8, 4) is 0 Å². The number of nitrogens with one attached hydrogen (secondary N) is 1. The molecule has 102 valence electrons. The zero-order chi connectivity index (χ0) is 13.8. The van der Waals surface area contributed by atoms with E-state index in [1.54, 1.807) is 29.1 Å². The summed E-state index contributed by atoms with van der Waals surface area (Å²) in [7, 11) is 0. The third kappa shape index (κ3) is 3.08. The molecule has 6 heteroatoms. The number of aliphatic hydroxyl groups excluding tert-OH is 1. The van der Waals surface area contributed by atoms with Gasteiger partial charge in [0.2, 0.25) is 0 Å². The standard InChI is InChI=1S/C13H18N4O2/c1-9(2)11(5-6-18)15-13(19)10-3-4-12-16-14-8-17(12)7-10/h3-4,7-9,11,18H,5-6H2,1-2H3,(H,15,19). The lowest BCUT2D eigenvalue weighted by Crippen LogP contribution is -2.39. The van der Waals surface area contributed by atoms with Crippen LogP contribution in [0.4, 0.5) is 0 Å². The van der Waals surface area contributed by atoms with E-state index in [2.05, 4.69) is 15.5 Å². The highest BCUT2D eigenvalue weighted by atomic mass is 16.3. The fourth-order valence-electron chi connectivity index (χ4n) is 1.92. The predicted octanol–water partition coefficient (Wildman–Crippen LogP) is 0.866. The van der Waals surface area contributed by atoms with E-state index in [0.717, 1.165) is 0 Å². The summed E-state index contributed by atoms with van der Waals surface area (Å²) in [6.07, 6.45) is 3.80. The van der Waals surface area contributed by atoms with Crippen molar-refractivity contribution in [2.45, 2.75) is 26.3 Å². The average Bonchev–Trinajstić information content (AvgIpc) is 2.85. The molecule has 1 atom stereocenters. The maximum atomic E-state index is 12.2. The molecule has 1 amide bonds. The first kappa shape index (κ1) is 13.5. The Bertz CT molecular complexity index is 565. The number of amides is 1. The number of pyridine rings is 1. The van der Waals surface area contributed by atoms with Gasteiger partial charge >= 0.3 is 0 Å². The highest BCUT2D eigenvalue weighted by Crippen LogP contribution is 2.08. The molecule has 2 N–H and O–H groups in total. The molecule has 2 aromatic heterocycles. The molecular formula is C13H18N4O2. The molecule has 0 radical (unpaired) electrons. The van der Waals surface area contributed by atoms with Gasteiger partial charge < -0.3 is 10.4 Å². The second-order valence-electron chi connectivity index (χ2n) is 4.85. The van der Waals surface area contributed by atoms with Gasteiger partial charge in [-0.2, -0.15) is 0 Å². The Kier molecular flexibility index (Phi) is 4.11. The second kappa shape index (κ2) is 5.79. The highest BCUT2D eigenvalue weighted by Gasteiger charge is 2.17. The van der Waals surface area contributed by atoms with Crippen molar-refractivity contribution in [1.82, 2.24) is 19.9 Å². The summed E-state index contributed by atoms with van der Waals surface area (Å²) >= 11 is 0. The van der Waals surface area contributed by atoms with E-state index in [-0.39, 0.29) is 24.5 Å². The molecule has 1 unspecified atom stereocenters. The van der Waals surface area contributed by atoms with Crippen molar-refractivity contribution in [2.75, 3.05) is 6.61 Å². The monoisotopic (exact) mass is 262 g/mol. The first-order valence-corrected chi connectivity index (χ1v) is 6.33. The van der Waals surface area contributed by atoms with Crippen LogP contribution in [-0.4, -0.2) is 38.3 Å². The van der Waals surface area contributed by atoms with Crippen LogP contribution in [0.25, 0.3) is 5.65 Å². The summed E-state index contributed by atoms with van der Waals surface area (Å²) in [5.74, 6) is 0.123. The van der Waals surface area contributed by atoms with Gasteiger partial charge in [0.25, 0.3) is 5.91 Å². The van der Waals surface area contributed by atoms with Crippen LogP contribution >= 0.6 is 0 Å². The Morgan fingerprint density at radius 3 is 2.95 bits per heavy atom. The molecule has 0 aromatic carbocycles. The summed E-state index contributed by atoms with van der Waals surface area (Å²) in [5, 5.41) is 19.6. The molecule has 0 bridgehead atoms. The number of hydrogen-bond acceptors (Lipinski definition) is 4. The lowest BCUT2D eigenvalue weighted by Gasteiger charge is -2.21. The smallest absolute Gasteiger partial charge is 0.253 e. The molecule has 0 aliphatic rings. The lowest BCUT2D eigenvalue weighted by molar-refractivity contribution is 0.0916. The van der Waals surface area contributed by atoms with Crippen molar-refractivity contribution < 1.29 is 9.90 Å². The van der Waals surface area contributed by atoms with Crippen molar-refractivity contribution in [2.24, 2.45) is 5.92 Å². The zero-order valence-corrected chi connectivity index (χ0v) is 11.1. The molecule has 0 aliphatic heterocycles. The maximum absolute atomic E-state index is 12.2. The third-order valence-electron chi connectivity index (χ3n) is 3.11. The van der Waals surface area contributed by atoms with Gasteiger partial charge in [-0.15, -0.1) is 10.2 Å². The molecule has 2 heterocycles. The van der Waals surface area contributed by atoms with Gasteiger partial charge in [0.1, 0.15) is 6.33 Å². The van der Waals surface area contributed by atoms with Gasteiger partial charge in [0, 0.05) is 18.8 Å². The third-order valence-corrected chi connectivity index (χ3v) is 3.11. The van der Waals surface area contributed by atoms with Crippen LogP contribution < -0.4 is 5.32 Å². The number of hydrogen-bond donors (Lipinski definition) is 2. The summed E-state index contributed by atoms with van der Waals surface area (Å²) in [5.41, 5.74) is 1.25. The Morgan fingerprint density at radius 2 is 2.26 bits per heavy atom. The summed E-state index contributed by atoms with van der Waals surface area (Å²) in [4.78, 5) is 12.2. The lowest BCUT2D eigenvalue weighted by atomic mass is 10.0. The molecule has 2 rings (SSSR count). The molecule has 0 spiro atoms. The molecule has 19 heavy (non-hydrogen) atoms. The first-order chi connectivity index (χ1) is 9.11. The Balaban J connectivity index is 2.13. The maximum Gasteiger partial charge on any atom is 0.253 e. The Labute approximate surface area is 111 Å². The van der Waals surface area contributed by atoms with E-state index in [0.29, 0.717) is 17.6 Å². The number of carbonyl (C=O) groups is 1. The molecule has 0 saturated carbocycles. The molecule has 6 nitrogen and oxygen atoms in total. The number of carbonyl (C=O) groups excluding carboxylic acids is 1. The zero-order valence-electron chi connectivity index (χ0n) is 11.1.